The van der Waals surface area contributed by atoms with Gasteiger partial charge in [0.25, 0.3) is 0 Å². The highest BCUT2D eigenvalue weighted by Crippen LogP contribution is 2.10. The molecule has 14 heavy (non-hydrogen) atoms. The van der Waals surface area contributed by atoms with Crippen LogP contribution in [0.4, 0.5) is 5.82 Å². The molecular weight excluding hydrogens is 262 g/mol. The minimum absolute atomic E-state index is 0.613. The SMILES string of the molecule is CCCNC(=S)Nc1ccc(Br)cn1. The molecule has 1 aromatic rings. The summed E-state index contributed by atoms with van der Waals surface area (Å²) < 4.78 is 0.954. The second kappa shape index (κ2) is 5.93. The number of halogens is 1. The van der Waals surface area contributed by atoms with E-state index in [1.54, 1.807) is 6.20 Å². The Morgan fingerprint density at radius 1 is 1.57 bits per heavy atom. The Hall–Kier alpha value is -0.680. The monoisotopic (exact) mass is 273 g/mol. The number of aromatic nitrogens is 1. The maximum absolute atomic E-state index is 5.06. The first kappa shape index (κ1) is 11.4. The zero-order valence-corrected chi connectivity index (χ0v) is 10.3. The van der Waals surface area contributed by atoms with Crippen LogP contribution >= 0.6 is 28.1 Å². The molecular formula is C9H12BrN3S. The van der Waals surface area contributed by atoms with E-state index >= 15 is 0 Å². The molecule has 0 spiro atoms. The van der Waals surface area contributed by atoms with Crippen LogP contribution in [0.1, 0.15) is 13.3 Å². The number of nitrogens with one attached hydrogen (secondary N) is 2. The van der Waals surface area contributed by atoms with Crippen molar-refractivity contribution in [2.24, 2.45) is 0 Å². The third kappa shape index (κ3) is 4.02. The Labute approximate surface area is 97.4 Å². The number of rotatable bonds is 3. The van der Waals surface area contributed by atoms with Crippen LogP contribution in [-0.2, 0) is 0 Å². The Balaban J connectivity index is 2.44. The summed E-state index contributed by atoms with van der Waals surface area (Å²) in [6, 6.07) is 3.78. The zero-order chi connectivity index (χ0) is 10.4. The molecule has 1 rings (SSSR count). The van der Waals surface area contributed by atoms with E-state index in [1.807, 2.05) is 12.1 Å². The highest BCUT2D eigenvalue weighted by molar-refractivity contribution is 9.10. The van der Waals surface area contributed by atoms with Crippen molar-refractivity contribution >= 4 is 39.1 Å². The van der Waals surface area contributed by atoms with Crippen LogP contribution < -0.4 is 10.6 Å². The fourth-order valence-corrected chi connectivity index (χ4v) is 1.29. The minimum Gasteiger partial charge on any atom is -0.362 e. The van der Waals surface area contributed by atoms with Crippen molar-refractivity contribution in [3.8, 4) is 0 Å². The molecule has 5 heteroatoms. The highest BCUT2D eigenvalue weighted by atomic mass is 79.9. The van der Waals surface area contributed by atoms with E-state index in [4.69, 9.17) is 12.2 Å². The molecule has 0 amide bonds. The summed E-state index contributed by atoms with van der Waals surface area (Å²) in [5.74, 6) is 0.752. The summed E-state index contributed by atoms with van der Waals surface area (Å²) in [4.78, 5) is 4.14. The van der Waals surface area contributed by atoms with Crippen LogP contribution in [0, 0.1) is 0 Å². The lowest BCUT2D eigenvalue weighted by Crippen LogP contribution is -2.29. The molecule has 2 N–H and O–H groups in total. The van der Waals surface area contributed by atoms with E-state index in [-0.39, 0.29) is 0 Å². The third-order valence-corrected chi connectivity index (χ3v) is 2.22. The van der Waals surface area contributed by atoms with Crippen LogP contribution in [0.2, 0.25) is 0 Å². The van der Waals surface area contributed by atoms with E-state index in [0.29, 0.717) is 5.11 Å². The maximum Gasteiger partial charge on any atom is 0.171 e. The first-order chi connectivity index (χ1) is 6.72. The molecule has 0 saturated heterocycles. The van der Waals surface area contributed by atoms with Crippen LogP contribution in [0.25, 0.3) is 0 Å². The van der Waals surface area contributed by atoms with Crippen molar-refractivity contribution in [1.82, 2.24) is 10.3 Å². The van der Waals surface area contributed by atoms with Gasteiger partial charge in [0.1, 0.15) is 5.82 Å². The molecule has 0 radical (unpaired) electrons. The number of nitrogens with zero attached hydrogens (tertiary/aromatic N) is 1. The van der Waals surface area contributed by atoms with E-state index in [9.17, 15) is 0 Å². The average molecular weight is 274 g/mol. The van der Waals surface area contributed by atoms with Crippen molar-refractivity contribution in [3.05, 3.63) is 22.8 Å². The fraction of sp³-hybridized carbons (Fsp3) is 0.333. The molecule has 0 atom stereocenters. The lowest BCUT2D eigenvalue weighted by atomic mass is 10.4. The normalized spacial score (nSPS) is 9.57. The smallest absolute Gasteiger partial charge is 0.171 e. The lowest BCUT2D eigenvalue weighted by Gasteiger charge is -2.08. The summed E-state index contributed by atoms with van der Waals surface area (Å²) in [6.07, 6.45) is 2.78. The van der Waals surface area contributed by atoms with Gasteiger partial charge in [-0.3, -0.25) is 0 Å². The maximum atomic E-state index is 5.06. The predicted molar refractivity (Wildman–Crippen MR) is 66.5 cm³/mol. The first-order valence-corrected chi connectivity index (χ1v) is 5.59. The molecule has 0 aromatic carbocycles. The molecule has 0 fully saturated rings. The minimum atomic E-state index is 0.613. The van der Waals surface area contributed by atoms with Crippen molar-refractivity contribution in [3.63, 3.8) is 0 Å². The van der Waals surface area contributed by atoms with Crippen LogP contribution in [0.15, 0.2) is 22.8 Å². The molecule has 0 bridgehead atoms. The Morgan fingerprint density at radius 3 is 2.93 bits per heavy atom. The average Bonchev–Trinajstić information content (AvgIpc) is 2.18. The summed E-state index contributed by atoms with van der Waals surface area (Å²) in [5, 5.41) is 6.67. The van der Waals surface area contributed by atoms with Gasteiger partial charge in [-0.1, -0.05) is 6.92 Å². The zero-order valence-electron chi connectivity index (χ0n) is 7.88. The van der Waals surface area contributed by atoms with Gasteiger partial charge < -0.3 is 10.6 Å². The van der Waals surface area contributed by atoms with Crippen LogP contribution in [0.5, 0.6) is 0 Å². The number of hydrogen-bond donors (Lipinski definition) is 2. The summed E-state index contributed by atoms with van der Waals surface area (Å²) in [7, 11) is 0. The van der Waals surface area contributed by atoms with Crippen LogP contribution in [0.3, 0.4) is 0 Å². The van der Waals surface area contributed by atoms with Crippen molar-refractivity contribution in [2.75, 3.05) is 11.9 Å². The van der Waals surface area contributed by atoms with Crippen molar-refractivity contribution in [1.29, 1.82) is 0 Å². The topological polar surface area (TPSA) is 37.0 Å². The molecule has 1 aromatic heterocycles. The fourth-order valence-electron chi connectivity index (χ4n) is 0.849. The quantitative estimate of drug-likeness (QED) is 0.831. The molecule has 0 aliphatic carbocycles. The molecule has 76 valence electrons. The van der Waals surface area contributed by atoms with Gasteiger partial charge in [-0.2, -0.15) is 0 Å². The van der Waals surface area contributed by atoms with Gasteiger partial charge in [-0.25, -0.2) is 4.98 Å². The number of hydrogen-bond acceptors (Lipinski definition) is 2. The summed E-state index contributed by atoms with van der Waals surface area (Å²) >= 11 is 8.38. The van der Waals surface area contributed by atoms with Gasteiger partial charge >= 0.3 is 0 Å². The van der Waals surface area contributed by atoms with Gasteiger partial charge in [0.05, 0.1) is 0 Å². The van der Waals surface area contributed by atoms with Gasteiger partial charge in [0.2, 0.25) is 0 Å². The number of pyridine rings is 1. The second-order valence-corrected chi connectivity index (χ2v) is 4.07. The predicted octanol–water partition coefficient (Wildman–Crippen LogP) is 2.54. The standard InChI is InChI=1S/C9H12BrN3S/c1-2-5-11-9(14)13-8-4-3-7(10)6-12-8/h3-4,6H,2,5H2,1H3,(H2,11,12,13,14). The van der Waals surface area contributed by atoms with Gasteiger partial charge in [0, 0.05) is 17.2 Å². The molecule has 0 aliphatic heterocycles. The summed E-state index contributed by atoms with van der Waals surface area (Å²) in [5.41, 5.74) is 0. The van der Waals surface area contributed by atoms with E-state index < -0.39 is 0 Å². The Morgan fingerprint density at radius 2 is 2.36 bits per heavy atom. The molecule has 0 unspecified atom stereocenters. The molecule has 1 heterocycles. The molecule has 3 nitrogen and oxygen atoms in total. The van der Waals surface area contributed by atoms with Crippen LogP contribution in [-0.4, -0.2) is 16.6 Å². The number of anilines is 1. The van der Waals surface area contributed by atoms with Gasteiger partial charge in [-0.15, -0.1) is 0 Å². The Kier molecular flexibility index (Phi) is 4.82. The first-order valence-electron chi connectivity index (χ1n) is 4.38. The Bertz CT molecular complexity index is 299. The van der Waals surface area contributed by atoms with E-state index in [0.717, 1.165) is 23.3 Å². The lowest BCUT2D eigenvalue weighted by molar-refractivity contribution is 0.846. The van der Waals surface area contributed by atoms with Crippen molar-refractivity contribution in [2.45, 2.75) is 13.3 Å². The van der Waals surface area contributed by atoms with Gasteiger partial charge in [0.15, 0.2) is 5.11 Å². The molecule has 0 aliphatic rings. The van der Waals surface area contributed by atoms with E-state index in [1.165, 1.54) is 0 Å². The summed E-state index contributed by atoms with van der Waals surface area (Å²) in [6.45, 7) is 2.97. The van der Waals surface area contributed by atoms with Gasteiger partial charge in [-0.05, 0) is 46.7 Å². The van der Waals surface area contributed by atoms with Crippen molar-refractivity contribution < 1.29 is 0 Å². The second-order valence-electron chi connectivity index (χ2n) is 2.74. The third-order valence-electron chi connectivity index (χ3n) is 1.50. The number of thiocarbonyl (C=S) groups is 1. The highest BCUT2D eigenvalue weighted by Gasteiger charge is 1.96. The van der Waals surface area contributed by atoms with E-state index in [2.05, 4.69) is 38.5 Å². The molecule has 0 saturated carbocycles. The largest absolute Gasteiger partial charge is 0.362 e.